The van der Waals surface area contributed by atoms with Crippen LogP contribution in [0.4, 0.5) is 0 Å². The predicted molar refractivity (Wildman–Crippen MR) is 70.7 cm³/mol. The molecule has 92 valence electrons. The third kappa shape index (κ3) is 2.80. The molecule has 0 saturated carbocycles. The fourth-order valence-corrected chi connectivity index (χ4v) is 2.71. The highest BCUT2D eigenvalue weighted by molar-refractivity contribution is 9.09. The van der Waals surface area contributed by atoms with Gasteiger partial charge < -0.3 is 10.0 Å². The minimum Gasteiger partial charge on any atom is -0.508 e. The van der Waals surface area contributed by atoms with Gasteiger partial charge in [0.2, 0.25) is 0 Å². The summed E-state index contributed by atoms with van der Waals surface area (Å²) in [5.41, 5.74) is 1.35. The van der Waals surface area contributed by atoms with Gasteiger partial charge in [0.25, 0.3) is 5.91 Å². The highest BCUT2D eigenvalue weighted by Crippen LogP contribution is 2.22. The molecule has 1 saturated heterocycles. The summed E-state index contributed by atoms with van der Waals surface area (Å²) in [6.07, 6.45) is 2.14. The van der Waals surface area contributed by atoms with Crippen LogP contribution in [0.15, 0.2) is 18.2 Å². The highest BCUT2D eigenvalue weighted by Gasteiger charge is 2.23. The second kappa shape index (κ2) is 5.08. The molecular formula is C13H16BrNO2. The van der Waals surface area contributed by atoms with E-state index < -0.39 is 0 Å². The molecule has 1 aliphatic rings. The number of phenols is 1. The Morgan fingerprint density at radius 1 is 1.53 bits per heavy atom. The number of phenolic OH excluding ortho intramolecular Hbond substituents is 1. The van der Waals surface area contributed by atoms with E-state index >= 15 is 0 Å². The molecule has 3 nitrogen and oxygen atoms in total. The molecule has 1 aromatic rings. The Bertz CT molecular complexity index is 433. The summed E-state index contributed by atoms with van der Waals surface area (Å²) in [5.74, 6) is 0.188. The van der Waals surface area contributed by atoms with Gasteiger partial charge in [-0.15, -0.1) is 0 Å². The molecular weight excluding hydrogens is 282 g/mol. The normalized spacial score (nSPS) is 20.4. The first-order chi connectivity index (χ1) is 8.08. The molecule has 1 heterocycles. The van der Waals surface area contributed by atoms with E-state index in [2.05, 4.69) is 15.9 Å². The smallest absolute Gasteiger partial charge is 0.254 e. The Hall–Kier alpha value is -1.03. The Morgan fingerprint density at radius 2 is 2.29 bits per heavy atom. The number of nitrogens with zero attached hydrogens (tertiary/aromatic N) is 1. The number of rotatable bonds is 1. The summed E-state index contributed by atoms with van der Waals surface area (Å²) < 4.78 is 0. The van der Waals surface area contributed by atoms with E-state index in [-0.39, 0.29) is 11.7 Å². The van der Waals surface area contributed by atoms with Crippen LogP contribution in [-0.4, -0.2) is 33.8 Å². The summed E-state index contributed by atoms with van der Waals surface area (Å²) >= 11 is 3.55. The molecule has 1 atom stereocenters. The molecule has 0 aromatic heterocycles. The molecule has 1 unspecified atom stereocenters. The molecule has 0 spiro atoms. The number of hydrogen-bond acceptors (Lipinski definition) is 2. The first-order valence-corrected chi connectivity index (χ1v) is 6.72. The molecule has 0 radical (unpaired) electrons. The van der Waals surface area contributed by atoms with Crippen LogP contribution in [0.5, 0.6) is 5.75 Å². The van der Waals surface area contributed by atoms with Crippen LogP contribution >= 0.6 is 15.9 Å². The van der Waals surface area contributed by atoms with E-state index in [4.69, 9.17) is 0 Å². The van der Waals surface area contributed by atoms with Gasteiger partial charge in [-0.3, -0.25) is 4.79 Å². The van der Waals surface area contributed by atoms with Gasteiger partial charge in [-0.05, 0) is 37.5 Å². The average molecular weight is 298 g/mol. The zero-order valence-corrected chi connectivity index (χ0v) is 11.4. The van der Waals surface area contributed by atoms with Crippen molar-refractivity contribution < 1.29 is 9.90 Å². The van der Waals surface area contributed by atoms with E-state index in [9.17, 15) is 9.90 Å². The minimum atomic E-state index is 0.00412. The molecule has 17 heavy (non-hydrogen) atoms. The lowest BCUT2D eigenvalue weighted by molar-refractivity contribution is 0.0729. The number of halogens is 1. The lowest BCUT2D eigenvalue weighted by Crippen LogP contribution is -2.40. The molecule has 0 bridgehead atoms. The lowest BCUT2D eigenvalue weighted by Gasteiger charge is -2.30. The summed E-state index contributed by atoms with van der Waals surface area (Å²) in [7, 11) is 0. The molecule has 0 aliphatic carbocycles. The van der Waals surface area contributed by atoms with Crippen LogP contribution in [-0.2, 0) is 0 Å². The lowest BCUT2D eigenvalue weighted by atomic mass is 10.1. The highest BCUT2D eigenvalue weighted by atomic mass is 79.9. The van der Waals surface area contributed by atoms with Crippen molar-refractivity contribution in [3.8, 4) is 5.75 Å². The summed E-state index contributed by atoms with van der Waals surface area (Å²) in [6, 6.07) is 5.10. The maximum Gasteiger partial charge on any atom is 0.254 e. The second-order valence-corrected chi connectivity index (χ2v) is 5.79. The molecule has 1 amide bonds. The monoisotopic (exact) mass is 297 g/mol. The third-order valence-corrected chi connectivity index (χ3v) is 3.85. The zero-order chi connectivity index (χ0) is 12.4. The largest absolute Gasteiger partial charge is 0.508 e. The van der Waals surface area contributed by atoms with E-state index in [1.54, 1.807) is 18.2 Å². The van der Waals surface area contributed by atoms with Gasteiger partial charge in [0.15, 0.2) is 0 Å². The maximum atomic E-state index is 12.2. The van der Waals surface area contributed by atoms with Crippen molar-refractivity contribution in [1.82, 2.24) is 4.90 Å². The van der Waals surface area contributed by atoms with E-state index in [1.165, 1.54) is 0 Å². The van der Waals surface area contributed by atoms with Crippen molar-refractivity contribution in [3.63, 3.8) is 0 Å². The van der Waals surface area contributed by atoms with Gasteiger partial charge in [-0.25, -0.2) is 0 Å². The standard InChI is InChI=1S/C13H16BrNO2/c1-9-4-5-10(7-12(9)16)13(17)15-6-2-3-11(14)8-15/h4-5,7,11,16H,2-3,6,8H2,1H3. The van der Waals surface area contributed by atoms with Crippen LogP contribution in [0.25, 0.3) is 0 Å². The first kappa shape index (κ1) is 12.4. The number of alkyl halides is 1. The van der Waals surface area contributed by atoms with Gasteiger partial charge in [0, 0.05) is 23.5 Å². The van der Waals surface area contributed by atoms with Crippen molar-refractivity contribution in [2.24, 2.45) is 0 Å². The number of hydrogen-bond donors (Lipinski definition) is 1. The quantitative estimate of drug-likeness (QED) is 0.810. The number of piperidine rings is 1. The number of amides is 1. The number of carbonyl (C=O) groups is 1. The second-order valence-electron chi connectivity index (χ2n) is 4.49. The van der Waals surface area contributed by atoms with Crippen molar-refractivity contribution in [1.29, 1.82) is 0 Å². The Morgan fingerprint density at radius 3 is 2.94 bits per heavy atom. The predicted octanol–water partition coefficient (Wildman–Crippen LogP) is 2.70. The van der Waals surface area contributed by atoms with Crippen molar-refractivity contribution >= 4 is 21.8 Å². The molecule has 2 rings (SSSR count). The van der Waals surface area contributed by atoms with Crippen LogP contribution in [0.2, 0.25) is 0 Å². The number of aromatic hydroxyl groups is 1. The van der Waals surface area contributed by atoms with Crippen LogP contribution in [0, 0.1) is 6.92 Å². The Balaban J connectivity index is 2.15. The number of likely N-dealkylation sites (tertiary alicyclic amines) is 1. The van der Waals surface area contributed by atoms with Gasteiger partial charge in [0.05, 0.1) is 0 Å². The number of aryl methyl sites for hydroxylation is 1. The van der Waals surface area contributed by atoms with Gasteiger partial charge >= 0.3 is 0 Å². The number of carbonyl (C=O) groups excluding carboxylic acids is 1. The van der Waals surface area contributed by atoms with Gasteiger partial charge in [-0.2, -0.15) is 0 Å². The van der Waals surface area contributed by atoms with E-state index in [0.29, 0.717) is 10.4 Å². The van der Waals surface area contributed by atoms with Crippen LogP contribution in [0.1, 0.15) is 28.8 Å². The maximum absolute atomic E-state index is 12.2. The first-order valence-electron chi connectivity index (χ1n) is 5.81. The molecule has 1 fully saturated rings. The molecule has 1 N–H and O–H groups in total. The van der Waals surface area contributed by atoms with Crippen molar-refractivity contribution in [2.75, 3.05) is 13.1 Å². The summed E-state index contributed by atoms with van der Waals surface area (Å²) in [4.78, 5) is 14.4. The van der Waals surface area contributed by atoms with Crippen molar-refractivity contribution in [2.45, 2.75) is 24.6 Å². The molecule has 4 heteroatoms. The fraction of sp³-hybridized carbons (Fsp3) is 0.462. The zero-order valence-electron chi connectivity index (χ0n) is 9.82. The third-order valence-electron chi connectivity index (χ3n) is 3.11. The molecule has 1 aromatic carbocycles. The van der Waals surface area contributed by atoms with Gasteiger partial charge in [-0.1, -0.05) is 22.0 Å². The SMILES string of the molecule is Cc1ccc(C(=O)N2CCCC(Br)C2)cc1O. The van der Waals surface area contributed by atoms with Gasteiger partial charge in [0.1, 0.15) is 5.75 Å². The topological polar surface area (TPSA) is 40.5 Å². The van der Waals surface area contributed by atoms with E-state index in [0.717, 1.165) is 31.5 Å². The average Bonchev–Trinajstić information content (AvgIpc) is 2.32. The summed E-state index contributed by atoms with van der Waals surface area (Å²) in [5, 5.41) is 9.62. The Labute approximate surface area is 110 Å². The van der Waals surface area contributed by atoms with E-state index in [1.807, 2.05) is 11.8 Å². The fourth-order valence-electron chi connectivity index (χ4n) is 2.03. The van der Waals surface area contributed by atoms with Crippen molar-refractivity contribution in [3.05, 3.63) is 29.3 Å². The minimum absolute atomic E-state index is 0.00412. The van der Waals surface area contributed by atoms with Crippen LogP contribution in [0.3, 0.4) is 0 Å². The summed E-state index contributed by atoms with van der Waals surface area (Å²) in [6.45, 7) is 3.36. The van der Waals surface area contributed by atoms with Crippen LogP contribution < -0.4 is 0 Å². The molecule has 1 aliphatic heterocycles. The number of benzene rings is 1. The Kier molecular flexibility index (Phi) is 3.72.